The number of pyridine rings is 1. The molecule has 0 N–H and O–H groups in total. The lowest BCUT2D eigenvalue weighted by Gasteiger charge is -2.15. The van der Waals surface area contributed by atoms with Gasteiger partial charge in [-0.05, 0) is 43.3 Å². The Labute approximate surface area is 183 Å². The summed E-state index contributed by atoms with van der Waals surface area (Å²) < 4.78 is 14.1. The van der Waals surface area contributed by atoms with Crippen molar-refractivity contribution in [3.05, 3.63) is 66.5 Å². The fourth-order valence-electron chi connectivity index (χ4n) is 3.14. The maximum atomic E-state index is 6.14. The molecule has 0 aliphatic carbocycles. The normalized spacial score (nSPS) is 11.7. The number of benzene rings is 1. The zero-order valence-electron chi connectivity index (χ0n) is 18.5. The Balaban J connectivity index is 1.70. The SMILES string of the molecule is Cc1cccc(-c2nc(Oc3ccccc3)c3ccn(COCC[Si](C)(C)C)c3n2)n1. The molecule has 7 heteroatoms. The van der Waals surface area contributed by atoms with Gasteiger partial charge in [-0.15, -0.1) is 0 Å². The van der Waals surface area contributed by atoms with Crippen LogP contribution in [-0.4, -0.2) is 34.2 Å². The molecule has 0 unspecified atom stereocenters. The molecule has 31 heavy (non-hydrogen) atoms. The van der Waals surface area contributed by atoms with Gasteiger partial charge >= 0.3 is 0 Å². The van der Waals surface area contributed by atoms with Gasteiger partial charge in [0.15, 0.2) is 5.82 Å². The minimum atomic E-state index is -1.13. The van der Waals surface area contributed by atoms with Crippen LogP contribution in [0.15, 0.2) is 60.8 Å². The monoisotopic (exact) mass is 432 g/mol. The first-order chi connectivity index (χ1) is 14.9. The lowest BCUT2D eigenvalue weighted by Crippen LogP contribution is -2.22. The van der Waals surface area contributed by atoms with E-state index in [1.807, 2.05) is 72.3 Å². The van der Waals surface area contributed by atoms with Gasteiger partial charge in [-0.25, -0.2) is 9.97 Å². The van der Waals surface area contributed by atoms with Crippen LogP contribution in [0.2, 0.25) is 25.7 Å². The number of aromatic nitrogens is 4. The second-order valence-corrected chi connectivity index (χ2v) is 14.4. The molecule has 0 amide bonds. The van der Waals surface area contributed by atoms with E-state index in [2.05, 4.69) is 24.6 Å². The molecule has 0 atom stereocenters. The topological polar surface area (TPSA) is 62.1 Å². The number of ether oxygens (including phenoxy) is 2. The van der Waals surface area contributed by atoms with Crippen molar-refractivity contribution in [3.8, 4) is 23.1 Å². The summed E-state index contributed by atoms with van der Waals surface area (Å²) in [5, 5.41) is 0.842. The summed E-state index contributed by atoms with van der Waals surface area (Å²) in [5.41, 5.74) is 2.40. The van der Waals surface area contributed by atoms with Crippen LogP contribution in [0.4, 0.5) is 0 Å². The van der Waals surface area contributed by atoms with E-state index in [0.29, 0.717) is 24.1 Å². The van der Waals surface area contributed by atoms with Crippen LogP contribution in [0.1, 0.15) is 5.69 Å². The Kier molecular flexibility index (Phi) is 6.15. The van der Waals surface area contributed by atoms with Crippen molar-refractivity contribution in [1.29, 1.82) is 0 Å². The summed E-state index contributed by atoms with van der Waals surface area (Å²) >= 11 is 0. The standard InChI is InChI=1S/C24H28N4O2Si/c1-18-9-8-12-21(25-18)22-26-23-20(24(27-22)30-19-10-6-5-7-11-19)13-14-28(23)17-29-15-16-31(2,3)4/h5-14H,15-17H2,1-4H3. The van der Waals surface area contributed by atoms with Gasteiger partial charge in [0.1, 0.15) is 23.8 Å². The lowest BCUT2D eigenvalue weighted by molar-refractivity contribution is 0.0899. The van der Waals surface area contributed by atoms with Crippen molar-refractivity contribution in [3.63, 3.8) is 0 Å². The van der Waals surface area contributed by atoms with Crippen molar-refractivity contribution < 1.29 is 9.47 Å². The van der Waals surface area contributed by atoms with E-state index in [-0.39, 0.29) is 0 Å². The molecular weight excluding hydrogens is 404 g/mol. The third-order valence-corrected chi connectivity index (χ3v) is 6.59. The van der Waals surface area contributed by atoms with Crippen LogP contribution in [0.25, 0.3) is 22.6 Å². The van der Waals surface area contributed by atoms with Crippen molar-refractivity contribution >= 4 is 19.1 Å². The Morgan fingerprint density at radius 2 is 1.71 bits per heavy atom. The highest BCUT2D eigenvalue weighted by Crippen LogP contribution is 2.30. The molecule has 0 spiro atoms. The molecule has 3 aromatic heterocycles. The van der Waals surface area contributed by atoms with E-state index in [9.17, 15) is 0 Å². The minimum Gasteiger partial charge on any atom is -0.438 e. The summed E-state index contributed by atoms with van der Waals surface area (Å²) in [4.78, 5) is 14.1. The van der Waals surface area contributed by atoms with Gasteiger partial charge < -0.3 is 14.0 Å². The highest BCUT2D eigenvalue weighted by atomic mass is 28.3. The van der Waals surface area contributed by atoms with Gasteiger partial charge in [0.05, 0.1) is 5.39 Å². The molecule has 0 aliphatic heterocycles. The third-order valence-electron chi connectivity index (χ3n) is 4.89. The molecule has 0 saturated carbocycles. The Bertz CT molecular complexity index is 1170. The summed E-state index contributed by atoms with van der Waals surface area (Å²) in [6.07, 6.45) is 1.97. The molecule has 0 radical (unpaired) electrons. The van der Waals surface area contributed by atoms with Gasteiger partial charge in [-0.2, -0.15) is 4.98 Å². The molecular formula is C24H28N4O2Si. The van der Waals surface area contributed by atoms with Crippen molar-refractivity contribution in [2.45, 2.75) is 39.3 Å². The van der Waals surface area contributed by atoms with E-state index in [1.54, 1.807) is 0 Å². The highest BCUT2D eigenvalue weighted by Gasteiger charge is 2.16. The Hall–Kier alpha value is -3.03. The van der Waals surface area contributed by atoms with Crippen LogP contribution in [0.5, 0.6) is 11.6 Å². The Morgan fingerprint density at radius 1 is 0.903 bits per heavy atom. The summed E-state index contributed by atoms with van der Waals surface area (Å²) in [5.74, 6) is 1.77. The number of hydrogen-bond acceptors (Lipinski definition) is 5. The average Bonchev–Trinajstić information content (AvgIpc) is 3.14. The molecule has 3 heterocycles. The van der Waals surface area contributed by atoms with Crippen molar-refractivity contribution in [1.82, 2.24) is 19.5 Å². The van der Waals surface area contributed by atoms with Gasteiger partial charge in [0, 0.05) is 26.6 Å². The zero-order chi connectivity index (χ0) is 21.8. The highest BCUT2D eigenvalue weighted by molar-refractivity contribution is 6.76. The Morgan fingerprint density at radius 3 is 2.45 bits per heavy atom. The van der Waals surface area contributed by atoms with E-state index >= 15 is 0 Å². The number of hydrogen-bond donors (Lipinski definition) is 0. The quantitative estimate of drug-likeness (QED) is 0.256. The molecule has 4 aromatic rings. The first kappa shape index (κ1) is 21.2. The molecule has 1 aromatic carbocycles. The van der Waals surface area contributed by atoms with E-state index in [0.717, 1.165) is 35.1 Å². The number of para-hydroxylation sites is 1. The van der Waals surface area contributed by atoms with Crippen LogP contribution >= 0.6 is 0 Å². The summed E-state index contributed by atoms with van der Waals surface area (Å²) in [6.45, 7) is 10.2. The zero-order valence-corrected chi connectivity index (χ0v) is 19.5. The molecule has 0 bridgehead atoms. The van der Waals surface area contributed by atoms with Crippen molar-refractivity contribution in [2.75, 3.05) is 6.61 Å². The molecule has 160 valence electrons. The molecule has 0 saturated heterocycles. The third kappa shape index (κ3) is 5.37. The largest absolute Gasteiger partial charge is 0.438 e. The smallest absolute Gasteiger partial charge is 0.232 e. The van der Waals surface area contributed by atoms with Crippen LogP contribution < -0.4 is 4.74 Å². The van der Waals surface area contributed by atoms with Gasteiger partial charge in [-0.3, -0.25) is 0 Å². The number of nitrogens with zero attached hydrogens (tertiary/aromatic N) is 4. The van der Waals surface area contributed by atoms with Gasteiger partial charge in [-0.1, -0.05) is 43.9 Å². The number of aryl methyl sites for hydroxylation is 1. The predicted molar refractivity (Wildman–Crippen MR) is 126 cm³/mol. The fourth-order valence-corrected chi connectivity index (χ4v) is 3.90. The van der Waals surface area contributed by atoms with E-state index in [1.165, 1.54) is 0 Å². The van der Waals surface area contributed by atoms with Gasteiger partial charge in [0.2, 0.25) is 5.88 Å². The minimum absolute atomic E-state index is 0.441. The average molecular weight is 433 g/mol. The first-order valence-corrected chi connectivity index (χ1v) is 14.2. The summed E-state index contributed by atoms with van der Waals surface area (Å²) in [6, 6.07) is 18.6. The summed E-state index contributed by atoms with van der Waals surface area (Å²) in [7, 11) is -1.13. The lowest BCUT2D eigenvalue weighted by atomic mass is 10.3. The molecule has 6 nitrogen and oxygen atoms in total. The molecule has 0 fully saturated rings. The maximum Gasteiger partial charge on any atom is 0.232 e. The second kappa shape index (κ2) is 8.99. The van der Waals surface area contributed by atoms with Crippen LogP contribution in [0, 0.1) is 6.92 Å². The van der Waals surface area contributed by atoms with E-state index < -0.39 is 8.07 Å². The van der Waals surface area contributed by atoms with Crippen molar-refractivity contribution in [2.24, 2.45) is 0 Å². The molecule has 4 rings (SSSR count). The fraction of sp³-hybridized carbons (Fsp3) is 0.292. The van der Waals surface area contributed by atoms with E-state index in [4.69, 9.17) is 19.4 Å². The predicted octanol–water partition coefficient (Wildman–Crippen LogP) is 5.91. The number of fused-ring (bicyclic) bond motifs is 1. The first-order valence-electron chi connectivity index (χ1n) is 10.5. The second-order valence-electron chi connectivity index (χ2n) is 8.80. The van der Waals surface area contributed by atoms with Crippen LogP contribution in [-0.2, 0) is 11.5 Å². The van der Waals surface area contributed by atoms with Gasteiger partial charge in [0.25, 0.3) is 0 Å². The molecule has 0 aliphatic rings. The van der Waals surface area contributed by atoms with Crippen LogP contribution in [0.3, 0.4) is 0 Å². The maximum absolute atomic E-state index is 6.14. The number of rotatable bonds is 8.